The number of ether oxygens (including phenoxy) is 1. The third-order valence-electron chi connectivity index (χ3n) is 4.34. The molecule has 0 fully saturated rings. The molecule has 7 heteroatoms. The summed E-state index contributed by atoms with van der Waals surface area (Å²) in [5, 5.41) is 7.36. The topological polar surface area (TPSA) is 77.3 Å². The van der Waals surface area contributed by atoms with Gasteiger partial charge in [-0.2, -0.15) is 4.98 Å². The number of rotatable bonds is 7. The van der Waals surface area contributed by atoms with Crippen LogP contribution in [-0.4, -0.2) is 16.0 Å². The van der Waals surface area contributed by atoms with Crippen molar-refractivity contribution in [1.82, 2.24) is 15.5 Å². The highest BCUT2D eigenvalue weighted by molar-refractivity contribution is 6.30. The molecule has 1 aromatic heterocycles. The Morgan fingerprint density at radius 1 is 0.967 bits per heavy atom. The van der Waals surface area contributed by atoms with Crippen molar-refractivity contribution in [3.63, 3.8) is 0 Å². The third kappa shape index (κ3) is 4.85. The van der Waals surface area contributed by atoms with Crippen molar-refractivity contribution in [2.75, 3.05) is 0 Å². The maximum Gasteiger partial charge on any atom is 0.255 e. The molecule has 0 spiro atoms. The summed E-state index contributed by atoms with van der Waals surface area (Å²) in [6.45, 7) is 0.478. The largest absolute Gasteiger partial charge is 0.488 e. The van der Waals surface area contributed by atoms with Crippen LogP contribution in [0.25, 0.3) is 11.4 Å². The second-order valence-corrected chi connectivity index (χ2v) is 6.91. The van der Waals surface area contributed by atoms with Crippen molar-refractivity contribution in [1.29, 1.82) is 0 Å². The van der Waals surface area contributed by atoms with Gasteiger partial charge >= 0.3 is 0 Å². The standard InChI is InChI=1S/C23H18ClN3O3/c24-18-12-10-17(11-13-18)22-26-21(30-27-22)14-25-23(28)19-8-4-5-9-20(19)29-15-16-6-2-1-3-7-16/h1-13H,14-15H2,(H,25,28). The van der Waals surface area contributed by atoms with Crippen LogP contribution in [0.5, 0.6) is 5.75 Å². The number of carbonyl (C=O) groups excluding carboxylic acids is 1. The van der Waals surface area contributed by atoms with E-state index >= 15 is 0 Å². The summed E-state index contributed by atoms with van der Waals surface area (Å²) in [5.74, 6) is 0.953. The zero-order valence-electron chi connectivity index (χ0n) is 15.9. The van der Waals surface area contributed by atoms with Crippen LogP contribution in [0.2, 0.25) is 5.02 Å². The smallest absolute Gasteiger partial charge is 0.255 e. The number of benzene rings is 3. The molecule has 0 atom stereocenters. The fourth-order valence-corrected chi connectivity index (χ4v) is 2.94. The Morgan fingerprint density at radius 2 is 1.70 bits per heavy atom. The molecule has 30 heavy (non-hydrogen) atoms. The van der Waals surface area contributed by atoms with Crippen LogP contribution >= 0.6 is 11.6 Å². The molecule has 3 aromatic carbocycles. The van der Waals surface area contributed by atoms with Gasteiger partial charge in [-0.1, -0.05) is 59.2 Å². The molecule has 0 saturated carbocycles. The van der Waals surface area contributed by atoms with Crippen molar-refractivity contribution >= 4 is 17.5 Å². The zero-order valence-corrected chi connectivity index (χ0v) is 16.7. The maximum atomic E-state index is 12.7. The summed E-state index contributed by atoms with van der Waals surface area (Å²) in [5.41, 5.74) is 2.24. The van der Waals surface area contributed by atoms with Gasteiger partial charge in [-0.05, 0) is 42.0 Å². The number of nitrogens with one attached hydrogen (secondary N) is 1. The van der Waals surface area contributed by atoms with E-state index in [1.807, 2.05) is 36.4 Å². The molecule has 1 heterocycles. The van der Waals surface area contributed by atoms with Crippen molar-refractivity contribution in [3.05, 3.63) is 101 Å². The van der Waals surface area contributed by atoms with E-state index in [9.17, 15) is 4.79 Å². The lowest BCUT2D eigenvalue weighted by Gasteiger charge is -2.11. The summed E-state index contributed by atoms with van der Waals surface area (Å²) in [6.07, 6.45) is 0. The van der Waals surface area contributed by atoms with Gasteiger partial charge in [-0.15, -0.1) is 0 Å². The quantitative estimate of drug-likeness (QED) is 0.461. The minimum Gasteiger partial charge on any atom is -0.488 e. The second kappa shape index (κ2) is 9.24. The van der Waals surface area contributed by atoms with Gasteiger partial charge in [0.15, 0.2) is 0 Å². The molecule has 0 aliphatic rings. The van der Waals surface area contributed by atoms with Crippen LogP contribution in [0.4, 0.5) is 0 Å². The number of nitrogens with zero attached hydrogens (tertiary/aromatic N) is 2. The highest BCUT2D eigenvalue weighted by Crippen LogP contribution is 2.20. The molecule has 0 aliphatic carbocycles. The predicted octanol–water partition coefficient (Wildman–Crippen LogP) is 4.90. The van der Waals surface area contributed by atoms with Gasteiger partial charge in [-0.3, -0.25) is 4.79 Å². The molecule has 6 nitrogen and oxygen atoms in total. The number of carbonyl (C=O) groups is 1. The monoisotopic (exact) mass is 419 g/mol. The van der Waals surface area contributed by atoms with Crippen molar-refractivity contribution in [2.24, 2.45) is 0 Å². The predicted molar refractivity (Wildman–Crippen MR) is 113 cm³/mol. The molecule has 1 N–H and O–H groups in total. The van der Waals surface area contributed by atoms with Gasteiger partial charge in [0.25, 0.3) is 5.91 Å². The van der Waals surface area contributed by atoms with Gasteiger partial charge in [0.1, 0.15) is 12.4 Å². The van der Waals surface area contributed by atoms with Gasteiger partial charge in [0, 0.05) is 10.6 Å². The van der Waals surface area contributed by atoms with Crippen LogP contribution in [-0.2, 0) is 13.2 Å². The molecule has 0 unspecified atom stereocenters. The first-order valence-electron chi connectivity index (χ1n) is 9.31. The van der Waals surface area contributed by atoms with Gasteiger partial charge in [0.2, 0.25) is 11.7 Å². The SMILES string of the molecule is O=C(NCc1nc(-c2ccc(Cl)cc2)no1)c1ccccc1OCc1ccccc1. The van der Waals surface area contributed by atoms with E-state index in [0.29, 0.717) is 34.7 Å². The summed E-state index contributed by atoms with van der Waals surface area (Å²) in [4.78, 5) is 17.0. The maximum absolute atomic E-state index is 12.7. The normalized spacial score (nSPS) is 10.6. The van der Waals surface area contributed by atoms with Gasteiger partial charge in [-0.25, -0.2) is 0 Å². The lowest BCUT2D eigenvalue weighted by Crippen LogP contribution is -2.23. The number of aromatic nitrogens is 2. The Morgan fingerprint density at radius 3 is 2.50 bits per heavy atom. The van der Waals surface area contributed by atoms with Crippen LogP contribution in [0.3, 0.4) is 0 Å². The molecular formula is C23H18ClN3O3. The van der Waals surface area contributed by atoms with Crippen molar-refractivity contribution in [3.8, 4) is 17.1 Å². The molecule has 4 aromatic rings. The lowest BCUT2D eigenvalue weighted by molar-refractivity contribution is 0.0941. The van der Waals surface area contributed by atoms with Crippen LogP contribution < -0.4 is 10.1 Å². The van der Waals surface area contributed by atoms with E-state index in [0.717, 1.165) is 11.1 Å². The van der Waals surface area contributed by atoms with Crippen LogP contribution in [0, 0.1) is 0 Å². The van der Waals surface area contributed by atoms with E-state index in [4.69, 9.17) is 20.9 Å². The van der Waals surface area contributed by atoms with Gasteiger partial charge in [0.05, 0.1) is 12.1 Å². The Kier molecular flexibility index (Phi) is 6.06. The van der Waals surface area contributed by atoms with E-state index in [2.05, 4.69) is 15.5 Å². The van der Waals surface area contributed by atoms with E-state index in [-0.39, 0.29) is 12.5 Å². The summed E-state index contributed by atoms with van der Waals surface area (Å²) in [6, 6.07) is 24.0. The van der Waals surface area contributed by atoms with Crippen molar-refractivity contribution < 1.29 is 14.1 Å². The average Bonchev–Trinajstić information content (AvgIpc) is 3.26. The van der Waals surface area contributed by atoms with E-state index < -0.39 is 0 Å². The molecule has 4 rings (SSSR count). The number of hydrogen-bond acceptors (Lipinski definition) is 5. The van der Waals surface area contributed by atoms with Crippen LogP contribution in [0.15, 0.2) is 83.4 Å². The highest BCUT2D eigenvalue weighted by atomic mass is 35.5. The molecule has 150 valence electrons. The fraction of sp³-hybridized carbons (Fsp3) is 0.0870. The number of amides is 1. The molecule has 1 amide bonds. The number of hydrogen-bond donors (Lipinski definition) is 1. The summed E-state index contributed by atoms with van der Waals surface area (Å²) < 4.78 is 11.1. The second-order valence-electron chi connectivity index (χ2n) is 6.47. The average molecular weight is 420 g/mol. The molecule has 0 aliphatic heterocycles. The Hall–Kier alpha value is -3.64. The van der Waals surface area contributed by atoms with Crippen LogP contribution in [0.1, 0.15) is 21.8 Å². The Labute approximate surface area is 178 Å². The first kappa shape index (κ1) is 19.7. The minimum atomic E-state index is -0.287. The van der Waals surface area contributed by atoms with Crippen molar-refractivity contribution in [2.45, 2.75) is 13.2 Å². The first-order chi connectivity index (χ1) is 14.7. The van der Waals surface area contributed by atoms with E-state index in [1.165, 1.54) is 0 Å². The highest BCUT2D eigenvalue weighted by Gasteiger charge is 2.14. The minimum absolute atomic E-state index is 0.104. The van der Waals surface area contributed by atoms with E-state index in [1.54, 1.807) is 42.5 Å². The number of halogens is 1. The fourth-order valence-electron chi connectivity index (χ4n) is 2.81. The zero-order chi connectivity index (χ0) is 20.8. The summed E-state index contributed by atoms with van der Waals surface area (Å²) >= 11 is 5.90. The Bertz CT molecular complexity index is 1130. The number of para-hydroxylation sites is 1. The molecule has 0 saturated heterocycles. The molecule has 0 bridgehead atoms. The molecular weight excluding hydrogens is 402 g/mol. The Balaban J connectivity index is 1.39. The van der Waals surface area contributed by atoms with Gasteiger partial charge < -0.3 is 14.6 Å². The first-order valence-corrected chi connectivity index (χ1v) is 9.69. The summed E-state index contributed by atoms with van der Waals surface area (Å²) in [7, 11) is 0. The molecule has 0 radical (unpaired) electrons. The lowest BCUT2D eigenvalue weighted by atomic mass is 10.2. The third-order valence-corrected chi connectivity index (χ3v) is 4.59.